The molecular formula is C14H16F3N3. The van der Waals surface area contributed by atoms with Crippen LogP contribution in [0.5, 0.6) is 0 Å². The van der Waals surface area contributed by atoms with Crippen LogP contribution in [0.4, 0.5) is 13.2 Å². The first-order valence-electron chi connectivity index (χ1n) is 6.34. The number of alkyl halides is 3. The van der Waals surface area contributed by atoms with Gasteiger partial charge in [-0.05, 0) is 19.5 Å². The maximum absolute atomic E-state index is 12.7. The number of hydrogen-bond donors (Lipinski definition) is 1. The molecular weight excluding hydrogens is 267 g/mol. The Morgan fingerprint density at radius 1 is 1.20 bits per heavy atom. The summed E-state index contributed by atoms with van der Waals surface area (Å²) < 4.78 is 39.7. The number of halogens is 3. The summed E-state index contributed by atoms with van der Waals surface area (Å²) in [5.41, 5.74) is 0.901. The van der Waals surface area contributed by atoms with Crippen LogP contribution in [-0.2, 0) is 19.3 Å². The summed E-state index contributed by atoms with van der Waals surface area (Å²) >= 11 is 0. The average Bonchev–Trinajstić information content (AvgIpc) is 2.84. The quantitative estimate of drug-likeness (QED) is 0.933. The second kappa shape index (κ2) is 5.66. The Kier molecular flexibility index (Phi) is 4.13. The van der Waals surface area contributed by atoms with E-state index < -0.39 is 11.9 Å². The summed E-state index contributed by atoms with van der Waals surface area (Å²) in [4.78, 5) is 3.72. The van der Waals surface area contributed by atoms with E-state index in [9.17, 15) is 13.2 Å². The van der Waals surface area contributed by atoms with E-state index in [4.69, 9.17) is 0 Å². The molecule has 0 aliphatic heterocycles. The van der Waals surface area contributed by atoms with Crippen molar-refractivity contribution in [2.45, 2.75) is 26.2 Å². The SMILES string of the molecule is CCn1cc(C(F)(F)F)nc1-c1ccc(CNC)cc1. The first kappa shape index (κ1) is 14.6. The second-order valence-electron chi connectivity index (χ2n) is 4.46. The lowest BCUT2D eigenvalue weighted by Crippen LogP contribution is -2.05. The van der Waals surface area contributed by atoms with Gasteiger partial charge in [-0.3, -0.25) is 0 Å². The van der Waals surface area contributed by atoms with E-state index in [0.717, 1.165) is 18.3 Å². The van der Waals surface area contributed by atoms with Gasteiger partial charge in [-0.15, -0.1) is 0 Å². The molecule has 108 valence electrons. The molecule has 3 nitrogen and oxygen atoms in total. The molecule has 0 aliphatic rings. The van der Waals surface area contributed by atoms with Crippen molar-refractivity contribution < 1.29 is 13.2 Å². The average molecular weight is 283 g/mol. The predicted molar refractivity (Wildman–Crippen MR) is 71.1 cm³/mol. The fraction of sp³-hybridized carbons (Fsp3) is 0.357. The summed E-state index contributed by atoms with van der Waals surface area (Å²) in [6.45, 7) is 2.95. The van der Waals surface area contributed by atoms with Crippen LogP contribution in [0.3, 0.4) is 0 Å². The minimum Gasteiger partial charge on any atom is -0.331 e. The van der Waals surface area contributed by atoms with Crippen LogP contribution in [-0.4, -0.2) is 16.6 Å². The first-order valence-corrected chi connectivity index (χ1v) is 6.34. The molecule has 0 atom stereocenters. The highest BCUT2D eigenvalue weighted by molar-refractivity contribution is 5.56. The fourth-order valence-electron chi connectivity index (χ4n) is 2.00. The van der Waals surface area contributed by atoms with Gasteiger partial charge in [-0.1, -0.05) is 24.3 Å². The van der Waals surface area contributed by atoms with Gasteiger partial charge < -0.3 is 9.88 Å². The van der Waals surface area contributed by atoms with E-state index in [0.29, 0.717) is 17.9 Å². The lowest BCUT2D eigenvalue weighted by atomic mass is 10.1. The Hall–Kier alpha value is -1.82. The summed E-state index contributed by atoms with van der Waals surface area (Å²) in [7, 11) is 1.84. The Morgan fingerprint density at radius 2 is 1.85 bits per heavy atom. The predicted octanol–water partition coefficient (Wildman–Crippen LogP) is 3.31. The number of aryl methyl sites for hydroxylation is 1. The Bertz CT molecular complexity index is 570. The summed E-state index contributed by atoms with van der Waals surface area (Å²) in [6, 6.07) is 7.35. The van der Waals surface area contributed by atoms with Crippen molar-refractivity contribution in [2.75, 3.05) is 7.05 Å². The molecule has 2 rings (SSSR count). The van der Waals surface area contributed by atoms with Crippen molar-refractivity contribution in [2.24, 2.45) is 0 Å². The van der Waals surface area contributed by atoms with Gasteiger partial charge >= 0.3 is 6.18 Å². The van der Waals surface area contributed by atoms with Gasteiger partial charge in [0.15, 0.2) is 5.69 Å². The Balaban J connectivity index is 2.38. The zero-order valence-electron chi connectivity index (χ0n) is 11.3. The molecule has 0 radical (unpaired) electrons. The third kappa shape index (κ3) is 3.01. The Morgan fingerprint density at radius 3 is 2.35 bits per heavy atom. The van der Waals surface area contributed by atoms with Crippen molar-refractivity contribution in [1.29, 1.82) is 0 Å². The van der Waals surface area contributed by atoms with E-state index in [-0.39, 0.29) is 0 Å². The minimum atomic E-state index is -4.42. The molecule has 1 N–H and O–H groups in total. The fourth-order valence-corrected chi connectivity index (χ4v) is 2.00. The van der Waals surface area contributed by atoms with Crippen molar-refractivity contribution in [3.63, 3.8) is 0 Å². The number of rotatable bonds is 4. The molecule has 1 aromatic carbocycles. The highest BCUT2D eigenvalue weighted by Gasteiger charge is 2.34. The molecule has 0 saturated heterocycles. The zero-order valence-corrected chi connectivity index (χ0v) is 11.3. The van der Waals surface area contributed by atoms with Crippen molar-refractivity contribution in [3.8, 4) is 11.4 Å². The van der Waals surface area contributed by atoms with Crippen LogP contribution < -0.4 is 5.32 Å². The molecule has 6 heteroatoms. The van der Waals surface area contributed by atoms with E-state index in [1.165, 1.54) is 4.57 Å². The van der Waals surface area contributed by atoms with E-state index >= 15 is 0 Å². The molecule has 1 aromatic heterocycles. The van der Waals surface area contributed by atoms with Crippen LogP contribution in [0.25, 0.3) is 11.4 Å². The standard InChI is InChI=1S/C14H16F3N3/c1-3-20-9-12(14(15,16)17)19-13(20)11-6-4-10(5-7-11)8-18-2/h4-7,9,18H,3,8H2,1-2H3. The number of nitrogens with one attached hydrogen (secondary N) is 1. The van der Waals surface area contributed by atoms with Gasteiger partial charge in [0.25, 0.3) is 0 Å². The van der Waals surface area contributed by atoms with Gasteiger partial charge in [-0.2, -0.15) is 13.2 Å². The van der Waals surface area contributed by atoms with Crippen molar-refractivity contribution in [1.82, 2.24) is 14.9 Å². The smallest absolute Gasteiger partial charge is 0.331 e. The monoisotopic (exact) mass is 283 g/mol. The zero-order chi connectivity index (χ0) is 14.8. The van der Waals surface area contributed by atoms with Crippen LogP contribution in [0, 0.1) is 0 Å². The molecule has 20 heavy (non-hydrogen) atoms. The Labute approximate surface area is 115 Å². The lowest BCUT2D eigenvalue weighted by Gasteiger charge is -2.05. The topological polar surface area (TPSA) is 29.9 Å². The summed E-state index contributed by atoms with van der Waals surface area (Å²) in [5, 5.41) is 3.02. The molecule has 0 spiro atoms. The van der Waals surface area contributed by atoms with E-state index in [2.05, 4.69) is 10.3 Å². The molecule has 0 saturated carbocycles. The molecule has 0 bridgehead atoms. The van der Waals surface area contributed by atoms with Crippen LogP contribution in [0.15, 0.2) is 30.5 Å². The summed E-state index contributed by atoms with van der Waals surface area (Å²) in [6.07, 6.45) is -3.36. The molecule has 0 amide bonds. The number of aromatic nitrogens is 2. The molecule has 0 fully saturated rings. The van der Waals surface area contributed by atoms with Gasteiger partial charge in [-0.25, -0.2) is 4.98 Å². The van der Waals surface area contributed by atoms with E-state index in [1.54, 1.807) is 19.1 Å². The normalized spacial score (nSPS) is 11.8. The lowest BCUT2D eigenvalue weighted by molar-refractivity contribution is -0.140. The minimum absolute atomic E-state index is 0.343. The highest BCUT2D eigenvalue weighted by atomic mass is 19.4. The van der Waals surface area contributed by atoms with Gasteiger partial charge in [0.1, 0.15) is 5.82 Å². The maximum Gasteiger partial charge on any atom is 0.434 e. The highest BCUT2D eigenvalue weighted by Crippen LogP contribution is 2.31. The van der Waals surface area contributed by atoms with Gasteiger partial charge in [0.05, 0.1) is 0 Å². The number of benzene rings is 1. The van der Waals surface area contributed by atoms with Crippen molar-refractivity contribution in [3.05, 3.63) is 41.7 Å². The third-order valence-electron chi connectivity index (χ3n) is 3.00. The maximum atomic E-state index is 12.7. The van der Waals surface area contributed by atoms with Crippen LogP contribution in [0.2, 0.25) is 0 Å². The second-order valence-corrected chi connectivity index (χ2v) is 4.46. The van der Waals surface area contributed by atoms with Gasteiger partial charge in [0, 0.05) is 24.8 Å². The molecule has 1 heterocycles. The molecule has 0 unspecified atom stereocenters. The number of nitrogens with zero attached hydrogens (tertiary/aromatic N) is 2. The summed E-state index contributed by atoms with van der Waals surface area (Å²) in [5.74, 6) is 0.343. The van der Waals surface area contributed by atoms with Crippen LogP contribution >= 0.6 is 0 Å². The number of imidazole rings is 1. The molecule has 2 aromatic rings. The van der Waals surface area contributed by atoms with Crippen molar-refractivity contribution >= 4 is 0 Å². The number of hydrogen-bond acceptors (Lipinski definition) is 2. The largest absolute Gasteiger partial charge is 0.434 e. The third-order valence-corrected chi connectivity index (χ3v) is 3.00. The molecule has 0 aliphatic carbocycles. The first-order chi connectivity index (χ1) is 9.45. The van der Waals surface area contributed by atoms with Gasteiger partial charge in [0.2, 0.25) is 0 Å². The van der Waals surface area contributed by atoms with E-state index in [1.807, 2.05) is 19.2 Å². The van der Waals surface area contributed by atoms with Crippen LogP contribution in [0.1, 0.15) is 18.2 Å².